The SMILES string of the molecule is C[C@]12CCC(=O)C=C1CC[C@@H]1[C@H]2[C@@H](O)C[C@@]2(C)[C@H]1CC[C@]2(O)C(=O)COC(=O)CCC(=O)O. The molecule has 3 saturated carbocycles. The molecule has 0 aliphatic heterocycles. The minimum absolute atomic E-state index is 0.0185. The van der Waals surface area contributed by atoms with Crippen molar-refractivity contribution >= 4 is 23.5 Å². The number of aliphatic hydroxyl groups excluding tert-OH is 1. The number of hydrogen-bond donors (Lipinski definition) is 3. The number of aliphatic hydroxyl groups is 2. The predicted molar refractivity (Wildman–Crippen MR) is 116 cm³/mol. The number of ether oxygens (including phenoxy) is 1. The Labute approximate surface area is 193 Å². The first-order valence-corrected chi connectivity index (χ1v) is 12.0. The lowest BCUT2D eigenvalue weighted by molar-refractivity contribution is -0.184. The number of allylic oxidation sites excluding steroid dienone is 1. The zero-order chi connectivity index (χ0) is 24.2. The predicted octanol–water partition coefficient (Wildman–Crippen LogP) is 2.20. The van der Waals surface area contributed by atoms with E-state index in [0.717, 1.165) is 24.8 Å². The van der Waals surface area contributed by atoms with Crippen LogP contribution in [0.4, 0.5) is 0 Å². The molecule has 3 N–H and O–H groups in total. The average molecular weight is 463 g/mol. The number of hydrogen-bond acceptors (Lipinski definition) is 7. The van der Waals surface area contributed by atoms with Crippen LogP contribution in [0.3, 0.4) is 0 Å². The van der Waals surface area contributed by atoms with Gasteiger partial charge in [-0.1, -0.05) is 19.4 Å². The Morgan fingerprint density at radius 3 is 2.55 bits per heavy atom. The molecular formula is C25H34O8. The van der Waals surface area contributed by atoms with E-state index in [0.29, 0.717) is 12.8 Å². The molecule has 0 unspecified atom stereocenters. The van der Waals surface area contributed by atoms with E-state index in [2.05, 4.69) is 6.92 Å². The van der Waals surface area contributed by atoms with Crippen molar-refractivity contribution in [2.24, 2.45) is 28.6 Å². The number of carbonyl (C=O) groups excluding carboxylic acids is 3. The summed E-state index contributed by atoms with van der Waals surface area (Å²) in [5.74, 6) is -2.20. The third kappa shape index (κ3) is 3.75. The lowest BCUT2D eigenvalue weighted by atomic mass is 9.45. The summed E-state index contributed by atoms with van der Waals surface area (Å²) < 4.78 is 4.97. The summed E-state index contributed by atoms with van der Waals surface area (Å²) in [4.78, 5) is 47.5. The molecule has 8 heteroatoms. The summed E-state index contributed by atoms with van der Waals surface area (Å²) >= 11 is 0. The number of aliphatic carboxylic acids is 1. The van der Waals surface area contributed by atoms with E-state index in [1.807, 2.05) is 6.92 Å². The molecule has 4 aliphatic rings. The van der Waals surface area contributed by atoms with Gasteiger partial charge >= 0.3 is 11.9 Å². The fourth-order valence-corrected chi connectivity index (χ4v) is 7.70. The van der Waals surface area contributed by atoms with Crippen molar-refractivity contribution in [3.63, 3.8) is 0 Å². The quantitative estimate of drug-likeness (QED) is 0.511. The van der Waals surface area contributed by atoms with Gasteiger partial charge in [-0.3, -0.25) is 19.2 Å². The molecule has 0 radical (unpaired) electrons. The van der Waals surface area contributed by atoms with E-state index in [1.165, 1.54) is 0 Å². The lowest BCUT2D eigenvalue weighted by Crippen LogP contribution is -2.62. The first-order chi connectivity index (χ1) is 15.4. The molecule has 8 nitrogen and oxygen atoms in total. The summed E-state index contributed by atoms with van der Waals surface area (Å²) in [7, 11) is 0. The Morgan fingerprint density at radius 1 is 1.12 bits per heavy atom. The maximum Gasteiger partial charge on any atom is 0.306 e. The number of fused-ring (bicyclic) bond motifs is 5. The average Bonchev–Trinajstić information content (AvgIpc) is 3.02. The number of esters is 1. The van der Waals surface area contributed by atoms with Crippen molar-refractivity contribution in [3.8, 4) is 0 Å². The number of carboxylic acid groups (broad SMARTS) is 1. The van der Waals surface area contributed by atoms with Crippen molar-refractivity contribution < 1.29 is 39.2 Å². The molecule has 3 fully saturated rings. The first kappa shape index (κ1) is 24.1. The van der Waals surface area contributed by atoms with Crippen LogP contribution < -0.4 is 0 Å². The zero-order valence-corrected chi connectivity index (χ0v) is 19.3. The monoisotopic (exact) mass is 462 g/mol. The molecule has 0 spiro atoms. The van der Waals surface area contributed by atoms with Gasteiger partial charge in [0.05, 0.1) is 18.9 Å². The molecule has 4 aliphatic carbocycles. The topological polar surface area (TPSA) is 138 Å². The van der Waals surface area contributed by atoms with Crippen molar-refractivity contribution in [2.75, 3.05) is 6.61 Å². The van der Waals surface area contributed by atoms with Crippen LogP contribution in [0.2, 0.25) is 0 Å². The standard InChI is InChI=1S/C25H34O8/c1-23-9-7-15(26)11-14(23)3-4-16-17-8-10-25(32,24(17,2)12-18(27)22(16)23)19(28)13-33-21(31)6-5-20(29)30/h11,16-18,22,27,32H,3-10,12-13H2,1-2H3,(H,29,30)/t16-,17-,18-,22-,23-,24-,25-/m0/s1. The van der Waals surface area contributed by atoms with Crippen LogP contribution in [0, 0.1) is 28.6 Å². The molecular weight excluding hydrogens is 428 g/mol. The molecule has 33 heavy (non-hydrogen) atoms. The van der Waals surface area contributed by atoms with Crippen molar-refractivity contribution in [1.82, 2.24) is 0 Å². The lowest BCUT2D eigenvalue weighted by Gasteiger charge is -2.60. The Kier molecular flexibility index (Phi) is 6.06. The Morgan fingerprint density at radius 2 is 1.85 bits per heavy atom. The number of ketones is 2. The van der Waals surface area contributed by atoms with Gasteiger partial charge < -0.3 is 20.1 Å². The van der Waals surface area contributed by atoms with Crippen LogP contribution >= 0.6 is 0 Å². The summed E-state index contributed by atoms with van der Waals surface area (Å²) in [5, 5.41) is 31.6. The van der Waals surface area contributed by atoms with Crippen LogP contribution in [0.1, 0.15) is 71.6 Å². The van der Waals surface area contributed by atoms with Gasteiger partial charge in [-0.05, 0) is 67.8 Å². The number of Topliss-reactive ketones (excluding diaryl/α,β-unsaturated/α-hetero) is 1. The molecule has 0 bridgehead atoms. The smallest absolute Gasteiger partial charge is 0.306 e. The minimum Gasteiger partial charge on any atom is -0.481 e. The summed E-state index contributed by atoms with van der Waals surface area (Å²) in [5.41, 5.74) is -1.68. The second-order valence-corrected chi connectivity index (χ2v) is 11.0. The first-order valence-electron chi connectivity index (χ1n) is 12.0. The van der Waals surface area contributed by atoms with Crippen LogP contribution in [0.15, 0.2) is 11.6 Å². The summed E-state index contributed by atoms with van der Waals surface area (Å²) in [6.07, 6.45) is 4.30. The van der Waals surface area contributed by atoms with Crippen LogP contribution in [-0.4, -0.2) is 57.1 Å². The van der Waals surface area contributed by atoms with Gasteiger partial charge in [0, 0.05) is 11.8 Å². The van der Waals surface area contributed by atoms with Gasteiger partial charge in [0.2, 0.25) is 5.78 Å². The van der Waals surface area contributed by atoms with Gasteiger partial charge in [-0.25, -0.2) is 0 Å². The molecule has 4 rings (SSSR count). The second kappa shape index (κ2) is 8.31. The number of carbonyl (C=O) groups is 4. The highest BCUT2D eigenvalue weighted by molar-refractivity contribution is 5.92. The molecule has 0 aromatic rings. The third-order valence-corrected chi connectivity index (χ3v) is 9.42. The molecule has 7 atom stereocenters. The van der Waals surface area contributed by atoms with E-state index in [-0.39, 0.29) is 54.6 Å². The van der Waals surface area contributed by atoms with Crippen LogP contribution in [0.5, 0.6) is 0 Å². The van der Waals surface area contributed by atoms with Gasteiger partial charge in [0.1, 0.15) is 5.60 Å². The summed E-state index contributed by atoms with van der Waals surface area (Å²) in [6.45, 7) is 3.41. The molecule has 182 valence electrons. The van der Waals surface area contributed by atoms with E-state index >= 15 is 0 Å². The fraction of sp³-hybridized carbons (Fsp3) is 0.760. The normalized spacial score (nSPS) is 41.9. The van der Waals surface area contributed by atoms with E-state index in [9.17, 15) is 29.4 Å². The van der Waals surface area contributed by atoms with Gasteiger partial charge in [0.15, 0.2) is 12.4 Å². The maximum absolute atomic E-state index is 13.1. The zero-order valence-electron chi connectivity index (χ0n) is 19.3. The van der Waals surface area contributed by atoms with Crippen LogP contribution in [0.25, 0.3) is 0 Å². The second-order valence-electron chi connectivity index (χ2n) is 11.0. The van der Waals surface area contributed by atoms with E-state index in [4.69, 9.17) is 9.84 Å². The fourth-order valence-electron chi connectivity index (χ4n) is 7.70. The van der Waals surface area contributed by atoms with Gasteiger partial charge in [-0.15, -0.1) is 0 Å². The van der Waals surface area contributed by atoms with Gasteiger partial charge in [0.25, 0.3) is 0 Å². The molecule has 0 heterocycles. The maximum atomic E-state index is 13.1. The van der Waals surface area contributed by atoms with Gasteiger partial charge in [-0.2, -0.15) is 0 Å². The Hall–Kier alpha value is -2.06. The largest absolute Gasteiger partial charge is 0.481 e. The Bertz CT molecular complexity index is 908. The number of carboxylic acids is 1. The van der Waals surface area contributed by atoms with E-state index < -0.39 is 41.4 Å². The summed E-state index contributed by atoms with van der Waals surface area (Å²) in [6, 6.07) is 0. The molecule has 0 aromatic carbocycles. The highest BCUT2D eigenvalue weighted by Crippen LogP contribution is 2.67. The minimum atomic E-state index is -1.71. The molecule has 0 amide bonds. The number of rotatable bonds is 6. The highest BCUT2D eigenvalue weighted by Gasteiger charge is 2.68. The van der Waals surface area contributed by atoms with Crippen molar-refractivity contribution in [3.05, 3.63) is 11.6 Å². The Balaban J connectivity index is 1.53. The van der Waals surface area contributed by atoms with Crippen LogP contribution in [-0.2, 0) is 23.9 Å². The van der Waals surface area contributed by atoms with Crippen molar-refractivity contribution in [1.29, 1.82) is 0 Å². The third-order valence-electron chi connectivity index (χ3n) is 9.42. The van der Waals surface area contributed by atoms with Crippen molar-refractivity contribution in [2.45, 2.75) is 83.3 Å². The molecule has 0 aromatic heterocycles. The highest BCUT2D eigenvalue weighted by atomic mass is 16.5. The molecule has 0 saturated heterocycles. The van der Waals surface area contributed by atoms with E-state index in [1.54, 1.807) is 6.08 Å².